The molecule has 1 aromatic carbocycles. The van der Waals surface area contributed by atoms with E-state index in [1.54, 1.807) is 0 Å². The highest BCUT2D eigenvalue weighted by Crippen LogP contribution is 2.43. The first-order valence-electron chi connectivity index (χ1n) is 5.61. The van der Waals surface area contributed by atoms with Gasteiger partial charge in [0.2, 0.25) is 0 Å². The number of rotatable bonds is 2. The maximum absolute atomic E-state index is 9.99. The van der Waals surface area contributed by atoms with Crippen molar-refractivity contribution < 1.29 is 5.11 Å². The van der Waals surface area contributed by atoms with Crippen molar-refractivity contribution in [3.63, 3.8) is 0 Å². The van der Waals surface area contributed by atoms with Crippen LogP contribution >= 0.6 is 0 Å². The summed E-state index contributed by atoms with van der Waals surface area (Å²) in [5.74, 6) is 0. The smallest absolute Gasteiger partial charge is 0.0814 e. The molecule has 1 aromatic rings. The van der Waals surface area contributed by atoms with Crippen molar-refractivity contribution >= 4 is 0 Å². The summed E-state index contributed by atoms with van der Waals surface area (Å²) in [5.41, 5.74) is 3.54. The minimum absolute atomic E-state index is 0.0600. The molecule has 0 saturated carbocycles. The highest BCUT2D eigenvalue weighted by atomic mass is 16.3. The lowest BCUT2D eigenvalue weighted by Gasteiger charge is -2.26. The summed E-state index contributed by atoms with van der Waals surface area (Å²) in [6, 6.07) is 6.31. The van der Waals surface area contributed by atoms with Gasteiger partial charge >= 0.3 is 0 Å². The van der Waals surface area contributed by atoms with Crippen molar-refractivity contribution in [1.29, 1.82) is 0 Å². The van der Waals surface area contributed by atoms with Crippen LogP contribution in [0.3, 0.4) is 0 Å². The van der Waals surface area contributed by atoms with Gasteiger partial charge in [0, 0.05) is 5.54 Å². The van der Waals surface area contributed by atoms with E-state index in [1.165, 1.54) is 11.1 Å². The van der Waals surface area contributed by atoms with Crippen LogP contribution in [0.5, 0.6) is 0 Å². The molecule has 2 unspecified atom stereocenters. The van der Waals surface area contributed by atoms with Gasteiger partial charge in [0.15, 0.2) is 0 Å². The van der Waals surface area contributed by atoms with E-state index in [0.29, 0.717) is 0 Å². The molecule has 2 nitrogen and oxygen atoms in total. The molecule has 82 valence electrons. The Morgan fingerprint density at radius 2 is 2.27 bits per heavy atom. The molecule has 1 aliphatic carbocycles. The van der Waals surface area contributed by atoms with Crippen LogP contribution in [0, 0.1) is 6.92 Å². The average Bonchev–Trinajstić information content (AvgIpc) is 2.39. The van der Waals surface area contributed by atoms with Crippen molar-refractivity contribution in [3.8, 4) is 0 Å². The van der Waals surface area contributed by atoms with Crippen LogP contribution < -0.4 is 5.32 Å². The van der Waals surface area contributed by atoms with Gasteiger partial charge in [-0.15, -0.1) is 0 Å². The van der Waals surface area contributed by atoms with Gasteiger partial charge < -0.3 is 10.4 Å². The van der Waals surface area contributed by atoms with E-state index >= 15 is 0 Å². The first kappa shape index (κ1) is 10.7. The molecule has 0 aromatic heterocycles. The average molecular weight is 205 g/mol. The minimum atomic E-state index is -0.315. The molecular weight excluding hydrogens is 186 g/mol. The molecule has 2 N–H and O–H groups in total. The quantitative estimate of drug-likeness (QED) is 0.776. The van der Waals surface area contributed by atoms with E-state index in [0.717, 1.165) is 18.5 Å². The van der Waals surface area contributed by atoms with Crippen molar-refractivity contribution in [3.05, 3.63) is 34.9 Å². The zero-order chi connectivity index (χ0) is 11.1. The van der Waals surface area contributed by atoms with Gasteiger partial charge in [-0.25, -0.2) is 0 Å². The summed E-state index contributed by atoms with van der Waals surface area (Å²) in [5, 5.41) is 13.5. The third-order valence-electron chi connectivity index (χ3n) is 3.33. The fourth-order valence-electron chi connectivity index (χ4n) is 2.60. The molecule has 2 rings (SSSR count). The standard InChI is InChI=1S/C13H19NO/c1-4-14-13(3)8-12(15)10-6-5-9(2)7-11(10)13/h5-7,12,14-15H,4,8H2,1-3H3. The van der Waals surface area contributed by atoms with Crippen LogP contribution in [0.25, 0.3) is 0 Å². The second kappa shape index (κ2) is 3.62. The summed E-state index contributed by atoms with van der Waals surface area (Å²) < 4.78 is 0. The van der Waals surface area contributed by atoms with E-state index < -0.39 is 0 Å². The minimum Gasteiger partial charge on any atom is -0.388 e. The van der Waals surface area contributed by atoms with Gasteiger partial charge in [-0.1, -0.05) is 30.7 Å². The van der Waals surface area contributed by atoms with Crippen LogP contribution in [0.1, 0.15) is 43.1 Å². The maximum Gasteiger partial charge on any atom is 0.0814 e. The second-order valence-electron chi connectivity index (χ2n) is 4.67. The first-order valence-corrected chi connectivity index (χ1v) is 5.61. The number of fused-ring (bicyclic) bond motifs is 1. The molecule has 2 heteroatoms. The van der Waals surface area contributed by atoms with Crippen LogP contribution in [0.4, 0.5) is 0 Å². The van der Waals surface area contributed by atoms with E-state index in [1.807, 2.05) is 0 Å². The van der Waals surface area contributed by atoms with Crippen LogP contribution in [-0.2, 0) is 5.54 Å². The van der Waals surface area contributed by atoms with Gasteiger partial charge in [-0.2, -0.15) is 0 Å². The van der Waals surface area contributed by atoms with Crippen molar-refractivity contribution in [2.75, 3.05) is 6.54 Å². The fourth-order valence-corrected chi connectivity index (χ4v) is 2.60. The zero-order valence-electron chi connectivity index (χ0n) is 9.67. The topological polar surface area (TPSA) is 32.3 Å². The Kier molecular flexibility index (Phi) is 2.57. The predicted octanol–water partition coefficient (Wildman–Crippen LogP) is 2.26. The molecule has 0 spiro atoms. The van der Waals surface area contributed by atoms with Gasteiger partial charge in [0.05, 0.1) is 6.10 Å². The lowest BCUT2D eigenvalue weighted by Crippen LogP contribution is -2.37. The molecule has 2 atom stereocenters. The van der Waals surface area contributed by atoms with Gasteiger partial charge in [-0.3, -0.25) is 0 Å². The Hall–Kier alpha value is -0.860. The van der Waals surface area contributed by atoms with Crippen LogP contribution in [-0.4, -0.2) is 11.7 Å². The first-order chi connectivity index (χ1) is 7.07. The molecule has 0 fully saturated rings. The number of nitrogens with one attached hydrogen (secondary N) is 1. The normalized spacial score (nSPS) is 29.2. The van der Waals surface area contributed by atoms with Crippen molar-refractivity contribution in [2.24, 2.45) is 0 Å². The lowest BCUT2D eigenvalue weighted by molar-refractivity contribution is 0.149. The highest BCUT2D eigenvalue weighted by molar-refractivity contribution is 5.42. The van der Waals surface area contributed by atoms with Crippen LogP contribution in [0.15, 0.2) is 18.2 Å². The van der Waals surface area contributed by atoms with Gasteiger partial charge in [0.1, 0.15) is 0 Å². The molecule has 0 saturated heterocycles. The van der Waals surface area contributed by atoms with Gasteiger partial charge in [-0.05, 0) is 37.9 Å². The second-order valence-corrected chi connectivity index (χ2v) is 4.67. The number of hydrogen-bond donors (Lipinski definition) is 2. The van der Waals surface area contributed by atoms with E-state index in [4.69, 9.17) is 0 Å². The van der Waals surface area contributed by atoms with E-state index in [-0.39, 0.29) is 11.6 Å². The van der Waals surface area contributed by atoms with E-state index in [2.05, 4.69) is 44.3 Å². The Morgan fingerprint density at radius 3 is 2.93 bits per heavy atom. The third kappa shape index (κ3) is 1.68. The predicted molar refractivity (Wildman–Crippen MR) is 61.8 cm³/mol. The third-order valence-corrected chi connectivity index (χ3v) is 3.33. The van der Waals surface area contributed by atoms with E-state index in [9.17, 15) is 5.11 Å². The molecule has 1 aliphatic rings. The number of benzene rings is 1. The SMILES string of the molecule is CCNC1(C)CC(O)c2ccc(C)cc21. The van der Waals surface area contributed by atoms with Crippen LogP contribution in [0.2, 0.25) is 0 Å². The monoisotopic (exact) mass is 205 g/mol. The van der Waals surface area contributed by atoms with Gasteiger partial charge in [0.25, 0.3) is 0 Å². The molecule has 0 bridgehead atoms. The summed E-state index contributed by atoms with van der Waals surface area (Å²) in [7, 11) is 0. The fraction of sp³-hybridized carbons (Fsp3) is 0.538. The molecule has 15 heavy (non-hydrogen) atoms. The number of aryl methyl sites for hydroxylation is 1. The number of aliphatic hydroxyl groups excluding tert-OH is 1. The largest absolute Gasteiger partial charge is 0.388 e. The Labute approximate surface area is 91.3 Å². The van der Waals surface area contributed by atoms with Crippen molar-refractivity contribution in [2.45, 2.75) is 38.8 Å². The van der Waals surface area contributed by atoms with Crippen molar-refractivity contribution in [1.82, 2.24) is 5.32 Å². The lowest BCUT2D eigenvalue weighted by atomic mass is 9.93. The summed E-state index contributed by atoms with van der Waals surface area (Å²) in [6.45, 7) is 7.30. The Bertz CT molecular complexity index is 375. The summed E-state index contributed by atoms with van der Waals surface area (Å²) in [6.07, 6.45) is 0.462. The zero-order valence-corrected chi connectivity index (χ0v) is 9.67. The molecule has 0 aliphatic heterocycles. The Morgan fingerprint density at radius 1 is 1.53 bits per heavy atom. The number of hydrogen-bond acceptors (Lipinski definition) is 2. The maximum atomic E-state index is 9.99. The highest BCUT2D eigenvalue weighted by Gasteiger charge is 2.38. The molecule has 0 radical (unpaired) electrons. The molecule has 0 heterocycles. The summed E-state index contributed by atoms with van der Waals surface area (Å²) in [4.78, 5) is 0. The molecular formula is C13H19NO. The number of aliphatic hydroxyl groups is 1. The molecule has 0 amide bonds. The summed E-state index contributed by atoms with van der Waals surface area (Å²) >= 11 is 0. The Balaban J connectivity index is 2.47.